The van der Waals surface area contributed by atoms with Crippen LogP contribution in [0.25, 0.3) is 0 Å². The molecular formula is C10H12BrClO. The number of rotatable bonds is 3. The summed E-state index contributed by atoms with van der Waals surface area (Å²) in [6.07, 6.45) is 1.18. The zero-order chi connectivity index (χ0) is 9.84. The highest BCUT2D eigenvalue weighted by atomic mass is 79.9. The van der Waals surface area contributed by atoms with Crippen molar-refractivity contribution >= 4 is 27.5 Å². The Balaban J connectivity index is 2.83. The molecule has 0 spiro atoms. The third-order valence-electron chi connectivity index (χ3n) is 1.82. The zero-order valence-corrected chi connectivity index (χ0v) is 10.0. The standard InChI is InChI=1S/C10H12BrClO/c1-3-7(2)13-9-6-4-5-8(11)10(9)12/h4-7H,3H2,1-2H3/t7-/m0/s1. The molecule has 3 heteroatoms. The van der Waals surface area contributed by atoms with Crippen LogP contribution in [0.5, 0.6) is 5.75 Å². The minimum atomic E-state index is 0.201. The van der Waals surface area contributed by atoms with E-state index in [1.807, 2.05) is 25.1 Å². The molecule has 1 rings (SSSR count). The third-order valence-corrected chi connectivity index (χ3v) is 3.10. The van der Waals surface area contributed by atoms with E-state index in [1.54, 1.807) is 0 Å². The summed E-state index contributed by atoms with van der Waals surface area (Å²) in [5.74, 6) is 0.741. The number of hydrogen-bond donors (Lipinski definition) is 0. The molecule has 0 aliphatic heterocycles. The quantitative estimate of drug-likeness (QED) is 0.791. The molecule has 0 radical (unpaired) electrons. The molecule has 0 aliphatic carbocycles. The molecule has 0 saturated heterocycles. The molecule has 0 bridgehead atoms. The first kappa shape index (κ1) is 10.9. The molecular weight excluding hydrogens is 251 g/mol. The first-order valence-corrected chi connectivity index (χ1v) is 5.43. The van der Waals surface area contributed by atoms with Crippen molar-refractivity contribution in [2.45, 2.75) is 26.4 Å². The number of halogens is 2. The van der Waals surface area contributed by atoms with Crippen LogP contribution in [0.1, 0.15) is 20.3 Å². The molecule has 0 aromatic heterocycles. The molecule has 1 atom stereocenters. The molecule has 72 valence electrons. The molecule has 0 saturated carbocycles. The van der Waals surface area contributed by atoms with E-state index in [9.17, 15) is 0 Å². The van der Waals surface area contributed by atoms with Gasteiger partial charge in [-0.05, 0) is 41.4 Å². The number of benzene rings is 1. The second kappa shape index (κ2) is 4.87. The first-order chi connectivity index (χ1) is 6.15. The van der Waals surface area contributed by atoms with Crippen molar-refractivity contribution in [1.82, 2.24) is 0 Å². The molecule has 1 aromatic carbocycles. The van der Waals surface area contributed by atoms with Crippen LogP contribution in [0.4, 0.5) is 0 Å². The summed E-state index contributed by atoms with van der Waals surface area (Å²) in [6.45, 7) is 4.10. The molecule has 0 heterocycles. The highest BCUT2D eigenvalue weighted by Gasteiger charge is 2.07. The Morgan fingerprint density at radius 1 is 1.54 bits per heavy atom. The predicted molar refractivity (Wildman–Crippen MR) is 59.5 cm³/mol. The Hall–Kier alpha value is -0.210. The smallest absolute Gasteiger partial charge is 0.139 e. The lowest BCUT2D eigenvalue weighted by atomic mass is 10.3. The highest BCUT2D eigenvalue weighted by Crippen LogP contribution is 2.32. The number of ether oxygens (including phenoxy) is 1. The molecule has 1 aromatic rings. The van der Waals surface area contributed by atoms with Crippen LogP contribution >= 0.6 is 27.5 Å². The van der Waals surface area contributed by atoms with Crippen LogP contribution in [-0.2, 0) is 0 Å². The van der Waals surface area contributed by atoms with Crippen LogP contribution in [0.2, 0.25) is 5.02 Å². The van der Waals surface area contributed by atoms with E-state index in [0.29, 0.717) is 5.02 Å². The van der Waals surface area contributed by atoms with Crippen LogP contribution in [0, 0.1) is 0 Å². The summed E-state index contributed by atoms with van der Waals surface area (Å²) in [4.78, 5) is 0. The van der Waals surface area contributed by atoms with Crippen molar-refractivity contribution in [1.29, 1.82) is 0 Å². The first-order valence-electron chi connectivity index (χ1n) is 4.25. The lowest BCUT2D eigenvalue weighted by Gasteiger charge is -2.14. The largest absolute Gasteiger partial charge is 0.489 e. The van der Waals surface area contributed by atoms with Crippen molar-refractivity contribution in [2.24, 2.45) is 0 Å². The lowest BCUT2D eigenvalue weighted by molar-refractivity contribution is 0.217. The Labute approximate surface area is 92.2 Å². The van der Waals surface area contributed by atoms with Crippen LogP contribution in [0.3, 0.4) is 0 Å². The summed E-state index contributed by atoms with van der Waals surface area (Å²) in [6, 6.07) is 5.68. The fourth-order valence-corrected chi connectivity index (χ4v) is 1.39. The van der Waals surface area contributed by atoms with E-state index in [1.165, 1.54) is 0 Å². The van der Waals surface area contributed by atoms with E-state index in [4.69, 9.17) is 16.3 Å². The average Bonchev–Trinajstić information content (AvgIpc) is 2.13. The molecule has 0 N–H and O–H groups in total. The van der Waals surface area contributed by atoms with E-state index in [0.717, 1.165) is 16.6 Å². The fourth-order valence-electron chi connectivity index (χ4n) is 0.875. The van der Waals surface area contributed by atoms with E-state index in [-0.39, 0.29) is 6.10 Å². The van der Waals surface area contributed by atoms with Gasteiger partial charge in [0.2, 0.25) is 0 Å². The van der Waals surface area contributed by atoms with Gasteiger partial charge in [0.15, 0.2) is 0 Å². The SMILES string of the molecule is CC[C@H](C)Oc1cccc(Br)c1Cl. The molecule has 0 fully saturated rings. The Morgan fingerprint density at radius 2 is 2.23 bits per heavy atom. The minimum absolute atomic E-state index is 0.201. The topological polar surface area (TPSA) is 9.23 Å². The van der Waals surface area contributed by atoms with Gasteiger partial charge in [0, 0.05) is 4.47 Å². The van der Waals surface area contributed by atoms with Gasteiger partial charge in [0.1, 0.15) is 5.75 Å². The monoisotopic (exact) mass is 262 g/mol. The minimum Gasteiger partial charge on any atom is -0.489 e. The normalized spacial score (nSPS) is 12.6. The van der Waals surface area contributed by atoms with Gasteiger partial charge >= 0.3 is 0 Å². The second-order valence-corrected chi connectivity index (χ2v) is 4.12. The summed E-state index contributed by atoms with van der Waals surface area (Å²) in [7, 11) is 0. The van der Waals surface area contributed by atoms with Crippen molar-refractivity contribution in [3.63, 3.8) is 0 Å². The summed E-state index contributed by atoms with van der Waals surface area (Å²) in [5.41, 5.74) is 0. The maximum atomic E-state index is 6.02. The third kappa shape index (κ3) is 2.89. The summed E-state index contributed by atoms with van der Waals surface area (Å²) >= 11 is 9.37. The zero-order valence-electron chi connectivity index (χ0n) is 7.68. The number of hydrogen-bond acceptors (Lipinski definition) is 1. The average molecular weight is 264 g/mol. The second-order valence-electron chi connectivity index (χ2n) is 2.89. The van der Waals surface area contributed by atoms with Crippen LogP contribution < -0.4 is 4.74 Å². The van der Waals surface area contributed by atoms with Gasteiger partial charge in [-0.2, -0.15) is 0 Å². The van der Waals surface area contributed by atoms with Crippen LogP contribution in [0.15, 0.2) is 22.7 Å². The summed E-state index contributed by atoms with van der Waals surface area (Å²) in [5, 5.41) is 0.641. The Bertz CT molecular complexity index is 288. The fraction of sp³-hybridized carbons (Fsp3) is 0.400. The van der Waals surface area contributed by atoms with Crippen LogP contribution in [-0.4, -0.2) is 6.10 Å². The molecule has 0 aliphatic rings. The lowest BCUT2D eigenvalue weighted by Crippen LogP contribution is -2.09. The molecule has 0 unspecified atom stereocenters. The van der Waals surface area contributed by atoms with Crippen molar-refractivity contribution in [3.05, 3.63) is 27.7 Å². The van der Waals surface area contributed by atoms with Crippen molar-refractivity contribution in [3.8, 4) is 5.75 Å². The van der Waals surface area contributed by atoms with Gasteiger partial charge in [-0.3, -0.25) is 0 Å². The molecule has 1 nitrogen and oxygen atoms in total. The van der Waals surface area contributed by atoms with Gasteiger partial charge in [0.05, 0.1) is 11.1 Å². The van der Waals surface area contributed by atoms with E-state index in [2.05, 4.69) is 22.9 Å². The summed E-state index contributed by atoms with van der Waals surface area (Å²) < 4.78 is 6.48. The van der Waals surface area contributed by atoms with E-state index >= 15 is 0 Å². The predicted octanol–water partition coefficient (Wildman–Crippen LogP) is 4.28. The molecule has 13 heavy (non-hydrogen) atoms. The van der Waals surface area contributed by atoms with Crippen molar-refractivity contribution < 1.29 is 4.74 Å². The van der Waals surface area contributed by atoms with Gasteiger partial charge < -0.3 is 4.74 Å². The van der Waals surface area contributed by atoms with Crippen molar-refractivity contribution in [2.75, 3.05) is 0 Å². The highest BCUT2D eigenvalue weighted by molar-refractivity contribution is 9.10. The molecule has 0 amide bonds. The van der Waals surface area contributed by atoms with E-state index < -0.39 is 0 Å². The van der Waals surface area contributed by atoms with Gasteiger partial charge in [0.25, 0.3) is 0 Å². The maximum Gasteiger partial charge on any atom is 0.139 e. The van der Waals surface area contributed by atoms with Gasteiger partial charge in [-0.15, -0.1) is 0 Å². The Morgan fingerprint density at radius 3 is 2.85 bits per heavy atom. The van der Waals surface area contributed by atoms with Gasteiger partial charge in [-0.1, -0.05) is 24.6 Å². The van der Waals surface area contributed by atoms with Gasteiger partial charge in [-0.25, -0.2) is 0 Å². The Kier molecular flexibility index (Phi) is 4.07. The maximum absolute atomic E-state index is 6.02.